The van der Waals surface area contributed by atoms with E-state index in [0.29, 0.717) is 6.61 Å². The fraction of sp³-hybridized carbons (Fsp3) is 0.429. The number of halogens is 2. The number of hydrogen-bond acceptors (Lipinski definition) is 3. The highest BCUT2D eigenvalue weighted by molar-refractivity contribution is 9.10. The Morgan fingerprint density at radius 2 is 1.81 bits per heavy atom. The predicted molar refractivity (Wildman–Crippen MR) is 107 cm³/mol. The number of hydrogen-bond donors (Lipinski definition) is 1. The van der Waals surface area contributed by atoms with Gasteiger partial charge < -0.3 is 14.8 Å². The average Bonchev–Trinajstić information content (AvgIpc) is 2.64. The molecule has 5 heteroatoms. The second-order valence-electron chi connectivity index (χ2n) is 6.16. The van der Waals surface area contributed by atoms with E-state index in [9.17, 15) is 4.39 Å². The molecule has 2 aromatic carbocycles. The Morgan fingerprint density at radius 3 is 2.58 bits per heavy atom. The Bertz CT molecular complexity index is 649. The minimum atomic E-state index is -0.235. The molecule has 0 amide bonds. The summed E-state index contributed by atoms with van der Waals surface area (Å²) in [6, 6.07) is 12.4. The molecule has 0 fully saturated rings. The highest BCUT2D eigenvalue weighted by atomic mass is 79.9. The Hall–Kier alpha value is -1.43. The van der Waals surface area contributed by atoms with Crippen LogP contribution in [0.2, 0.25) is 0 Å². The smallest absolute Gasteiger partial charge is 0.124 e. The lowest BCUT2D eigenvalue weighted by Crippen LogP contribution is -2.17. The van der Waals surface area contributed by atoms with Gasteiger partial charge in [0.2, 0.25) is 0 Å². The van der Waals surface area contributed by atoms with Crippen molar-refractivity contribution in [2.24, 2.45) is 0 Å². The van der Waals surface area contributed by atoms with Gasteiger partial charge in [-0.1, -0.05) is 41.4 Å². The van der Waals surface area contributed by atoms with Gasteiger partial charge >= 0.3 is 0 Å². The van der Waals surface area contributed by atoms with E-state index in [4.69, 9.17) is 9.47 Å². The van der Waals surface area contributed by atoms with Crippen LogP contribution in [0.1, 0.15) is 37.3 Å². The molecule has 26 heavy (non-hydrogen) atoms. The van der Waals surface area contributed by atoms with Crippen molar-refractivity contribution in [1.29, 1.82) is 0 Å². The van der Waals surface area contributed by atoms with Gasteiger partial charge in [0.25, 0.3) is 0 Å². The molecule has 142 valence electrons. The number of nitrogens with one attached hydrogen (secondary N) is 1. The summed E-state index contributed by atoms with van der Waals surface area (Å²) in [7, 11) is 0. The van der Waals surface area contributed by atoms with Crippen molar-refractivity contribution in [2.45, 2.75) is 39.3 Å². The number of unbranched alkanes of at least 4 members (excludes halogenated alkanes) is 1. The van der Waals surface area contributed by atoms with Crippen molar-refractivity contribution in [3.63, 3.8) is 0 Å². The second-order valence-corrected chi connectivity index (χ2v) is 7.08. The third-order valence-corrected chi connectivity index (χ3v) is 4.42. The van der Waals surface area contributed by atoms with Crippen LogP contribution in [0.5, 0.6) is 5.75 Å². The first kappa shape index (κ1) is 20.9. The number of rotatable bonds is 12. The first-order valence-electron chi connectivity index (χ1n) is 9.13. The van der Waals surface area contributed by atoms with E-state index in [2.05, 4.69) is 34.2 Å². The molecule has 1 N–H and O–H groups in total. The molecule has 0 aliphatic rings. The Balaban J connectivity index is 1.78. The van der Waals surface area contributed by atoms with Gasteiger partial charge in [0, 0.05) is 29.8 Å². The molecule has 0 aliphatic carbocycles. The molecule has 0 unspecified atom stereocenters. The summed E-state index contributed by atoms with van der Waals surface area (Å²) in [5, 5.41) is 3.44. The van der Waals surface area contributed by atoms with Gasteiger partial charge in [-0.05, 0) is 55.3 Å². The van der Waals surface area contributed by atoms with Crippen LogP contribution in [-0.4, -0.2) is 19.8 Å². The molecular weight excluding hydrogens is 397 g/mol. The van der Waals surface area contributed by atoms with E-state index in [-0.39, 0.29) is 5.82 Å². The van der Waals surface area contributed by atoms with E-state index in [1.807, 2.05) is 12.1 Å². The van der Waals surface area contributed by atoms with Crippen molar-refractivity contribution in [3.8, 4) is 5.75 Å². The standard InChI is InChI=1S/C21H27BrFNO2/c1-2-3-12-25-13-4-11-24-15-18-14-19(22)7-10-21(18)26-16-17-5-8-20(23)9-6-17/h5-10,14,24H,2-4,11-13,15-16H2,1H3. The lowest BCUT2D eigenvalue weighted by Gasteiger charge is -2.13. The Kier molecular flexibility index (Phi) is 9.67. The van der Waals surface area contributed by atoms with Crippen molar-refractivity contribution in [3.05, 3.63) is 63.9 Å². The average molecular weight is 424 g/mol. The maximum atomic E-state index is 13.0. The van der Waals surface area contributed by atoms with Crippen LogP contribution in [0.15, 0.2) is 46.9 Å². The summed E-state index contributed by atoms with van der Waals surface area (Å²) in [6.45, 7) is 5.85. The highest BCUT2D eigenvalue weighted by Crippen LogP contribution is 2.24. The summed E-state index contributed by atoms with van der Waals surface area (Å²) in [5.41, 5.74) is 2.03. The summed E-state index contributed by atoms with van der Waals surface area (Å²) < 4.78 is 25.5. The maximum Gasteiger partial charge on any atom is 0.124 e. The van der Waals surface area contributed by atoms with Gasteiger partial charge in [0.05, 0.1) is 0 Å². The van der Waals surface area contributed by atoms with Crippen LogP contribution in [-0.2, 0) is 17.9 Å². The van der Waals surface area contributed by atoms with Crippen molar-refractivity contribution in [1.82, 2.24) is 5.32 Å². The molecule has 3 nitrogen and oxygen atoms in total. The summed E-state index contributed by atoms with van der Waals surface area (Å²) in [6.07, 6.45) is 3.28. The van der Waals surface area contributed by atoms with E-state index in [1.165, 1.54) is 18.6 Å². The van der Waals surface area contributed by atoms with Gasteiger partial charge in [0.1, 0.15) is 18.2 Å². The first-order valence-corrected chi connectivity index (χ1v) is 9.92. The van der Waals surface area contributed by atoms with Crippen LogP contribution in [0.25, 0.3) is 0 Å². The fourth-order valence-corrected chi connectivity index (χ4v) is 2.85. The summed E-state index contributed by atoms with van der Waals surface area (Å²) in [4.78, 5) is 0. The molecule has 0 bridgehead atoms. The molecule has 2 rings (SSSR count). The minimum absolute atomic E-state index is 0.235. The van der Waals surface area contributed by atoms with Crippen molar-refractivity contribution >= 4 is 15.9 Å². The van der Waals surface area contributed by atoms with E-state index in [0.717, 1.165) is 60.5 Å². The zero-order chi connectivity index (χ0) is 18.6. The Labute approximate surface area is 164 Å². The second kappa shape index (κ2) is 12.0. The third kappa shape index (κ3) is 7.85. The molecule has 0 heterocycles. The molecule has 0 saturated carbocycles. The van der Waals surface area contributed by atoms with Crippen LogP contribution < -0.4 is 10.1 Å². The predicted octanol–water partition coefficient (Wildman–Crippen LogP) is 5.46. The largest absolute Gasteiger partial charge is 0.489 e. The third-order valence-electron chi connectivity index (χ3n) is 3.93. The van der Waals surface area contributed by atoms with Gasteiger partial charge in [-0.15, -0.1) is 0 Å². The zero-order valence-corrected chi connectivity index (χ0v) is 16.9. The number of benzene rings is 2. The molecule has 0 radical (unpaired) electrons. The molecule has 0 atom stereocenters. The normalized spacial score (nSPS) is 10.9. The van der Waals surface area contributed by atoms with E-state index >= 15 is 0 Å². The lowest BCUT2D eigenvalue weighted by molar-refractivity contribution is 0.128. The molecular formula is C21H27BrFNO2. The van der Waals surface area contributed by atoms with Crippen LogP contribution >= 0.6 is 15.9 Å². The monoisotopic (exact) mass is 423 g/mol. The topological polar surface area (TPSA) is 30.5 Å². The molecule has 0 saturated heterocycles. The first-order chi connectivity index (χ1) is 12.7. The molecule has 0 aliphatic heterocycles. The Morgan fingerprint density at radius 1 is 1.04 bits per heavy atom. The molecule has 0 aromatic heterocycles. The quantitative estimate of drug-likeness (QED) is 0.459. The van der Waals surface area contributed by atoms with E-state index < -0.39 is 0 Å². The lowest BCUT2D eigenvalue weighted by atomic mass is 10.2. The van der Waals surface area contributed by atoms with Gasteiger partial charge in [-0.3, -0.25) is 0 Å². The fourth-order valence-electron chi connectivity index (χ4n) is 2.44. The SMILES string of the molecule is CCCCOCCCNCc1cc(Br)ccc1OCc1ccc(F)cc1. The summed E-state index contributed by atoms with van der Waals surface area (Å²) >= 11 is 3.51. The highest BCUT2D eigenvalue weighted by Gasteiger charge is 2.05. The minimum Gasteiger partial charge on any atom is -0.489 e. The van der Waals surface area contributed by atoms with Gasteiger partial charge in [-0.25, -0.2) is 4.39 Å². The van der Waals surface area contributed by atoms with Crippen molar-refractivity contribution < 1.29 is 13.9 Å². The molecule has 0 spiro atoms. The van der Waals surface area contributed by atoms with Crippen LogP contribution in [0, 0.1) is 5.82 Å². The van der Waals surface area contributed by atoms with Crippen molar-refractivity contribution in [2.75, 3.05) is 19.8 Å². The summed E-state index contributed by atoms with van der Waals surface area (Å²) in [5.74, 6) is 0.602. The van der Waals surface area contributed by atoms with Crippen LogP contribution in [0.4, 0.5) is 4.39 Å². The maximum absolute atomic E-state index is 13.0. The zero-order valence-electron chi connectivity index (χ0n) is 15.3. The number of ether oxygens (including phenoxy) is 2. The molecule has 2 aromatic rings. The van der Waals surface area contributed by atoms with Crippen LogP contribution in [0.3, 0.4) is 0 Å². The van der Waals surface area contributed by atoms with Gasteiger partial charge in [-0.2, -0.15) is 0 Å². The van der Waals surface area contributed by atoms with E-state index in [1.54, 1.807) is 12.1 Å². The van der Waals surface area contributed by atoms with Gasteiger partial charge in [0.15, 0.2) is 0 Å².